The summed E-state index contributed by atoms with van der Waals surface area (Å²) in [4.78, 5) is 11.2. The van der Waals surface area contributed by atoms with Crippen LogP contribution in [0.25, 0.3) is 0 Å². The van der Waals surface area contributed by atoms with Crippen LogP contribution in [-0.2, 0) is 14.9 Å². The van der Waals surface area contributed by atoms with Gasteiger partial charge in [0.15, 0.2) is 0 Å². The van der Waals surface area contributed by atoms with E-state index in [2.05, 4.69) is 0 Å². The Balaban J connectivity index is 0.00000324. The molecule has 0 aliphatic carbocycles. The molecule has 0 spiro atoms. The van der Waals surface area contributed by atoms with Crippen molar-refractivity contribution < 1.29 is 17.8 Å². The molecule has 0 atom stereocenters. The highest BCUT2D eigenvalue weighted by Crippen LogP contribution is 2.29. The fourth-order valence-corrected chi connectivity index (χ4v) is 2.31. The average Bonchev–Trinajstić information content (AvgIpc) is 2.27. The van der Waals surface area contributed by atoms with Crippen LogP contribution in [0.15, 0.2) is 17.0 Å². The highest BCUT2D eigenvalue weighted by Gasteiger charge is 2.20. The maximum absolute atomic E-state index is 11.2. The third-order valence-electron chi connectivity index (χ3n) is 2.22. The third-order valence-corrected chi connectivity index (χ3v) is 3.39. The minimum Gasteiger partial charge on any atom is -0.367 e. The zero-order valence-corrected chi connectivity index (χ0v) is 12.1. The van der Waals surface area contributed by atoms with Crippen LogP contribution in [0, 0.1) is 11.3 Å². The van der Waals surface area contributed by atoms with Crippen molar-refractivity contribution in [2.75, 3.05) is 18.5 Å². The van der Waals surface area contributed by atoms with Crippen molar-refractivity contribution in [2.45, 2.75) is 4.90 Å². The first kappa shape index (κ1) is 17.7. The summed E-state index contributed by atoms with van der Waals surface area (Å²) < 4.78 is 31.3. The summed E-state index contributed by atoms with van der Waals surface area (Å²) in [5, 5.41) is 8.70. The standard InChI is InChI=1S/C10H9ClN2O4S.ClH/c1-13(2-3-14)7-4-9(11)8(6-12)10(5-7)18(15,16)17;/h3-5H,2H2,1H3,(H,15,16,17);1H. The normalized spacial score (nSPS) is 10.2. The number of aldehydes is 1. The molecule has 1 rings (SSSR count). The summed E-state index contributed by atoms with van der Waals surface area (Å²) in [6.45, 7) is 0.0210. The van der Waals surface area contributed by atoms with Gasteiger partial charge in [0.05, 0.1) is 17.1 Å². The van der Waals surface area contributed by atoms with Crippen LogP contribution in [0.5, 0.6) is 0 Å². The van der Waals surface area contributed by atoms with Crippen LogP contribution >= 0.6 is 24.0 Å². The summed E-state index contributed by atoms with van der Waals surface area (Å²) >= 11 is 5.77. The summed E-state index contributed by atoms with van der Waals surface area (Å²) in [7, 11) is -3.02. The number of anilines is 1. The molecular formula is C10H10Cl2N2O4S. The second-order valence-corrected chi connectivity index (χ2v) is 5.23. The Kier molecular flexibility index (Phi) is 6.25. The van der Waals surface area contributed by atoms with Crippen LogP contribution in [0.4, 0.5) is 5.69 Å². The molecule has 0 saturated heterocycles. The summed E-state index contributed by atoms with van der Waals surface area (Å²) in [5.74, 6) is 0. The Labute approximate surface area is 121 Å². The molecule has 1 aromatic carbocycles. The van der Waals surface area contributed by atoms with Crippen LogP contribution in [-0.4, -0.2) is 32.8 Å². The van der Waals surface area contributed by atoms with Gasteiger partial charge < -0.3 is 9.69 Å². The highest BCUT2D eigenvalue weighted by atomic mass is 35.5. The number of carbonyl (C=O) groups is 1. The maximum Gasteiger partial charge on any atom is 0.295 e. The number of halogens is 2. The van der Waals surface area contributed by atoms with Gasteiger partial charge in [-0.15, -0.1) is 12.4 Å². The smallest absolute Gasteiger partial charge is 0.295 e. The minimum atomic E-state index is -4.56. The molecule has 0 saturated carbocycles. The van der Waals surface area contributed by atoms with Crippen molar-refractivity contribution in [3.05, 3.63) is 22.7 Å². The van der Waals surface area contributed by atoms with Crippen LogP contribution in [0.1, 0.15) is 5.56 Å². The highest BCUT2D eigenvalue weighted by molar-refractivity contribution is 7.86. The summed E-state index contributed by atoms with van der Waals surface area (Å²) in [6, 6.07) is 4.04. The molecule has 0 unspecified atom stereocenters. The SMILES string of the molecule is CN(CC=O)c1cc(Cl)c(C#N)c(S(=O)(=O)O)c1.Cl. The van der Waals surface area contributed by atoms with Crippen molar-refractivity contribution in [3.63, 3.8) is 0 Å². The predicted molar refractivity (Wildman–Crippen MR) is 72.6 cm³/mol. The van der Waals surface area contributed by atoms with Crippen molar-refractivity contribution in [3.8, 4) is 6.07 Å². The van der Waals surface area contributed by atoms with E-state index in [1.54, 1.807) is 13.1 Å². The Morgan fingerprint density at radius 1 is 1.53 bits per heavy atom. The van der Waals surface area contributed by atoms with Gasteiger partial charge in [0.1, 0.15) is 17.3 Å². The molecule has 0 aliphatic heterocycles. The lowest BCUT2D eigenvalue weighted by Gasteiger charge is -2.17. The third kappa shape index (κ3) is 4.08. The quantitative estimate of drug-likeness (QED) is 0.665. The number of hydrogen-bond acceptors (Lipinski definition) is 5. The number of rotatable bonds is 4. The lowest BCUT2D eigenvalue weighted by atomic mass is 10.2. The first-order chi connectivity index (χ1) is 8.31. The van der Waals surface area contributed by atoms with Crippen molar-refractivity contribution >= 4 is 46.1 Å². The van der Waals surface area contributed by atoms with Crippen LogP contribution in [0.3, 0.4) is 0 Å². The average molecular weight is 325 g/mol. The van der Waals surface area contributed by atoms with E-state index in [4.69, 9.17) is 21.4 Å². The van der Waals surface area contributed by atoms with Crippen molar-refractivity contribution in [2.24, 2.45) is 0 Å². The second kappa shape index (κ2) is 6.73. The number of benzene rings is 1. The maximum atomic E-state index is 11.2. The summed E-state index contributed by atoms with van der Waals surface area (Å²) in [6.07, 6.45) is 0.624. The molecule has 6 nitrogen and oxygen atoms in total. The van der Waals surface area contributed by atoms with Gasteiger partial charge in [0.25, 0.3) is 10.1 Å². The molecule has 104 valence electrons. The fraction of sp³-hybridized carbons (Fsp3) is 0.200. The Hall–Kier alpha value is -1.33. The van der Waals surface area contributed by atoms with E-state index >= 15 is 0 Å². The van der Waals surface area contributed by atoms with E-state index in [0.29, 0.717) is 12.0 Å². The van der Waals surface area contributed by atoms with Gasteiger partial charge in [0, 0.05) is 12.7 Å². The second-order valence-electron chi connectivity index (χ2n) is 3.43. The molecule has 9 heteroatoms. The Morgan fingerprint density at radius 3 is 2.53 bits per heavy atom. The number of nitrogens with zero attached hydrogens (tertiary/aromatic N) is 2. The number of likely N-dealkylation sites (N-methyl/N-ethyl adjacent to an activating group) is 1. The van der Waals surface area contributed by atoms with E-state index in [9.17, 15) is 13.2 Å². The Bertz CT molecular complexity index is 625. The zero-order valence-electron chi connectivity index (χ0n) is 9.70. The molecule has 0 bridgehead atoms. The van der Waals surface area contributed by atoms with Crippen molar-refractivity contribution in [1.29, 1.82) is 5.26 Å². The molecule has 1 N–H and O–H groups in total. The van der Waals surface area contributed by atoms with Gasteiger partial charge in [-0.3, -0.25) is 4.55 Å². The van der Waals surface area contributed by atoms with Gasteiger partial charge in [-0.25, -0.2) is 0 Å². The van der Waals surface area contributed by atoms with Crippen molar-refractivity contribution in [1.82, 2.24) is 0 Å². The van der Waals surface area contributed by atoms with Gasteiger partial charge in [-0.2, -0.15) is 13.7 Å². The lowest BCUT2D eigenvalue weighted by molar-refractivity contribution is -0.106. The molecule has 19 heavy (non-hydrogen) atoms. The zero-order chi connectivity index (χ0) is 13.9. The summed E-state index contributed by atoms with van der Waals surface area (Å²) in [5.41, 5.74) is -0.0267. The first-order valence-electron chi connectivity index (χ1n) is 4.67. The molecule has 0 aliphatic rings. The largest absolute Gasteiger partial charge is 0.367 e. The van der Waals surface area contributed by atoms with E-state index in [1.165, 1.54) is 11.0 Å². The number of carbonyl (C=O) groups excluding carboxylic acids is 1. The Morgan fingerprint density at radius 2 is 2.11 bits per heavy atom. The van der Waals surface area contributed by atoms with E-state index in [1.807, 2.05) is 0 Å². The first-order valence-corrected chi connectivity index (χ1v) is 6.49. The van der Waals surface area contributed by atoms with Gasteiger partial charge in [0.2, 0.25) is 0 Å². The molecular weight excluding hydrogens is 315 g/mol. The van der Waals surface area contributed by atoms with Crippen LogP contribution in [0.2, 0.25) is 5.02 Å². The van der Waals surface area contributed by atoms with Gasteiger partial charge >= 0.3 is 0 Å². The van der Waals surface area contributed by atoms with Gasteiger partial charge in [-0.05, 0) is 12.1 Å². The molecule has 1 aromatic rings. The van der Waals surface area contributed by atoms with E-state index in [-0.39, 0.29) is 29.5 Å². The molecule has 0 radical (unpaired) electrons. The van der Waals surface area contributed by atoms with E-state index in [0.717, 1.165) is 6.07 Å². The topological polar surface area (TPSA) is 98.5 Å². The van der Waals surface area contributed by atoms with Gasteiger partial charge in [-0.1, -0.05) is 11.6 Å². The minimum absolute atomic E-state index is 0. The van der Waals surface area contributed by atoms with E-state index < -0.39 is 15.0 Å². The predicted octanol–water partition coefficient (Wildman–Crippen LogP) is 1.52. The molecule has 0 heterocycles. The lowest BCUT2D eigenvalue weighted by Crippen LogP contribution is -2.20. The molecule has 0 amide bonds. The monoisotopic (exact) mass is 324 g/mol. The number of hydrogen-bond donors (Lipinski definition) is 1. The van der Waals surface area contributed by atoms with Crippen LogP contribution < -0.4 is 4.90 Å². The molecule has 0 aromatic heterocycles. The molecule has 0 fully saturated rings. The fourth-order valence-electron chi connectivity index (χ4n) is 1.32. The number of nitriles is 1.